The van der Waals surface area contributed by atoms with Crippen LogP contribution in [0.1, 0.15) is 12.0 Å². The lowest BCUT2D eigenvalue weighted by Gasteiger charge is -2.28. The molecule has 2 aliphatic heterocycles. The Kier molecular flexibility index (Phi) is 6.77. The molecule has 7 nitrogen and oxygen atoms in total. The summed E-state index contributed by atoms with van der Waals surface area (Å²) in [6.45, 7) is 2.70. The Morgan fingerprint density at radius 1 is 1.27 bits per heavy atom. The largest absolute Gasteiger partial charge is 0.385 e. The van der Waals surface area contributed by atoms with E-state index in [1.807, 2.05) is 23.9 Å². The highest BCUT2D eigenvalue weighted by Gasteiger charge is 2.32. The first-order valence-corrected chi connectivity index (χ1v) is 12.1. The van der Waals surface area contributed by atoms with Crippen molar-refractivity contribution in [2.24, 2.45) is 0 Å². The number of carbonyl (C=O) groups excluding carboxylic acids is 1. The molecule has 10 heteroatoms. The molecule has 2 fully saturated rings. The Morgan fingerprint density at radius 2 is 2.07 bits per heavy atom. The number of thiocarbonyl (C=S) groups is 1. The third-order valence-corrected chi connectivity index (χ3v) is 7.26. The second kappa shape index (κ2) is 9.51. The summed E-state index contributed by atoms with van der Waals surface area (Å²) in [7, 11) is 1.63. The number of anilines is 1. The second-order valence-electron chi connectivity index (χ2n) is 6.86. The number of hydrogen-bond acceptors (Lipinski definition) is 8. The average molecular weight is 463 g/mol. The van der Waals surface area contributed by atoms with Crippen LogP contribution in [0.5, 0.6) is 0 Å². The first-order valence-electron chi connectivity index (χ1n) is 9.68. The predicted molar refractivity (Wildman–Crippen MR) is 127 cm³/mol. The molecule has 0 bridgehead atoms. The summed E-state index contributed by atoms with van der Waals surface area (Å²) >= 11 is 8.53. The molecule has 2 saturated heterocycles. The monoisotopic (exact) mass is 462 g/mol. The highest BCUT2D eigenvalue weighted by Crippen LogP contribution is 2.33. The third kappa shape index (κ3) is 4.27. The van der Waals surface area contributed by atoms with E-state index in [9.17, 15) is 9.59 Å². The molecule has 0 unspecified atom stereocenters. The van der Waals surface area contributed by atoms with Gasteiger partial charge in [-0.05, 0) is 24.6 Å². The van der Waals surface area contributed by atoms with Crippen molar-refractivity contribution in [2.75, 3.05) is 49.8 Å². The van der Waals surface area contributed by atoms with Crippen LogP contribution in [0.3, 0.4) is 0 Å². The van der Waals surface area contributed by atoms with Crippen LogP contribution in [0, 0.1) is 0 Å². The molecule has 4 rings (SSSR count). The van der Waals surface area contributed by atoms with E-state index in [0.29, 0.717) is 45.8 Å². The Balaban J connectivity index is 1.76. The molecule has 0 radical (unpaired) electrons. The molecule has 0 atom stereocenters. The summed E-state index contributed by atoms with van der Waals surface area (Å²) < 4.78 is 7.10. The summed E-state index contributed by atoms with van der Waals surface area (Å²) in [6.07, 6.45) is 4.07. The van der Waals surface area contributed by atoms with E-state index in [-0.39, 0.29) is 11.5 Å². The number of nitrogens with zero attached hydrogens (tertiary/aromatic N) is 4. The fraction of sp³-hybridized carbons (Fsp3) is 0.400. The highest BCUT2D eigenvalue weighted by atomic mass is 32.2. The minimum Gasteiger partial charge on any atom is -0.385 e. The van der Waals surface area contributed by atoms with Crippen LogP contribution in [0.2, 0.25) is 0 Å². The maximum Gasteiger partial charge on any atom is 0.267 e. The van der Waals surface area contributed by atoms with Crippen LogP contribution in [-0.4, -0.2) is 69.4 Å². The van der Waals surface area contributed by atoms with Crippen molar-refractivity contribution in [3.05, 3.63) is 45.2 Å². The maximum atomic E-state index is 13.3. The number of amides is 1. The van der Waals surface area contributed by atoms with Gasteiger partial charge in [0.1, 0.15) is 15.8 Å². The van der Waals surface area contributed by atoms with Crippen LogP contribution >= 0.6 is 35.7 Å². The van der Waals surface area contributed by atoms with Crippen molar-refractivity contribution >= 4 is 63.5 Å². The molecule has 0 saturated carbocycles. The number of fused-ring (bicyclic) bond motifs is 1. The van der Waals surface area contributed by atoms with Gasteiger partial charge in [-0.2, -0.15) is 11.8 Å². The summed E-state index contributed by atoms with van der Waals surface area (Å²) in [5.41, 5.74) is 0.849. The highest BCUT2D eigenvalue weighted by molar-refractivity contribution is 8.26. The van der Waals surface area contributed by atoms with Crippen LogP contribution < -0.4 is 10.5 Å². The standard InChI is InChI=1S/C20H22N4O3S3/c1-27-10-4-7-24-19(26)15(30-20(24)28)13-14-17(22-8-11-29-12-9-22)21-16-5-2-3-6-23(16)18(14)25/h2-3,5-6,13H,4,7-12H2,1H3/b15-13-. The fourth-order valence-electron chi connectivity index (χ4n) is 3.42. The number of ether oxygens (including phenoxy) is 1. The third-order valence-electron chi connectivity index (χ3n) is 4.94. The van der Waals surface area contributed by atoms with Gasteiger partial charge in [-0.3, -0.25) is 18.9 Å². The summed E-state index contributed by atoms with van der Waals surface area (Å²) in [5, 5.41) is 0. The molecule has 1 amide bonds. The van der Waals surface area contributed by atoms with Crippen LogP contribution in [-0.2, 0) is 9.53 Å². The molecule has 4 heterocycles. The maximum absolute atomic E-state index is 13.3. The van der Waals surface area contributed by atoms with Gasteiger partial charge in [0.15, 0.2) is 0 Å². The SMILES string of the molecule is COCCCN1C(=O)/C(=C/c2c(N3CCSCC3)nc3ccccn3c2=O)SC1=S. The number of carbonyl (C=O) groups is 1. The van der Waals surface area contributed by atoms with Crippen molar-refractivity contribution < 1.29 is 9.53 Å². The Morgan fingerprint density at radius 3 is 2.83 bits per heavy atom. The number of hydrogen-bond donors (Lipinski definition) is 0. The second-order valence-corrected chi connectivity index (χ2v) is 9.76. The molecule has 0 spiro atoms. The van der Waals surface area contributed by atoms with Gasteiger partial charge in [0.25, 0.3) is 11.5 Å². The van der Waals surface area contributed by atoms with Crippen molar-refractivity contribution in [2.45, 2.75) is 6.42 Å². The zero-order chi connectivity index (χ0) is 21.1. The van der Waals surface area contributed by atoms with Gasteiger partial charge in [0.05, 0.1) is 10.5 Å². The van der Waals surface area contributed by atoms with Crippen LogP contribution in [0.4, 0.5) is 5.82 Å². The zero-order valence-corrected chi connectivity index (χ0v) is 19.0. The number of pyridine rings is 1. The Labute approximate surface area is 188 Å². The molecule has 0 aliphatic carbocycles. The van der Waals surface area contributed by atoms with E-state index in [1.165, 1.54) is 16.2 Å². The minimum atomic E-state index is -0.182. The lowest BCUT2D eigenvalue weighted by molar-refractivity contribution is -0.122. The van der Waals surface area contributed by atoms with E-state index in [0.717, 1.165) is 24.6 Å². The number of rotatable bonds is 6. The molecule has 0 N–H and O–H groups in total. The molecular formula is C20H22N4O3S3. The topological polar surface area (TPSA) is 67.2 Å². The van der Waals surface area contributed by atoms with Gasteiger partial charge in [0, 0.05) is 51.1 Å². The van der Waals surface area contributed by atoms with Crippen molar-refractivity contribution in [1.82, 2.24) is 14.3 Å². The predicted octanol–water partition coefficient (Wildman–Crippen LogP) is 2.49. The number of aromatic nitrogens is 2. The molecular weight excluding hydrogens is 440 g/mol. The molecule has 2 aliphatic rings. The molecule has 2 aromatic heterocycles. The van der Waals surface area contributed by atoms with Gasteiger partial charge in [-0.15, -0.1) is 0 Å². The quantitative estimate of drug-likeness (QED) is 0.369. The smallest absolute Gasteiger partial charge is 0.267 e. The minimum absolute atomic E-state index is 0.168. The van der Waals surface area contributed by atoms with E-state index >= 15 is 0 Å². The summed E-state index contributed by atoms with van der Waals surface area (Å²) in [5.74, 6) is 2.43. The van der Waals surface area contributed by atoms with Gasteiger partial charge in [-0.25, -0.2) is 4.98 Å². The van der Waals surface area contributed by atoms with Crippen molar-refractivity contribution in [3.63, 3.8) is 0 Å². The zero-order valence-electron chi connectivity index (χ0n) is 16.6. The molecule has 0 aromatic carbocycles. The van der Waals surface area contributed by atoms with Gasteiger partial charge in [0.2, 0.25) is 0 Å². The number of thioether (sulfide) groups is 2. The van der Waals surface area contributed by atoms with Gasteiger partial charge >= 0.3 is 0 Å². The number of methoxy groups -OCH3 is 1. The fourth-order valence-corrected chi connectivity index (χ4v) is 5.62. The van der Waals surface area contributed by atoms with Crippen molar-refractivity contribution in [1.29, 1.82) is 0 Å². The molecule has 158 valence electrons. The Hall–Kier alpha value is -1.88. The molecule has 2 aromatic rings. The summed E-state index contributed by atoms with van der Waals surface area (Å²) in [4.78, 5) is 35.2. The van der Waals surface area contributed by atoms with Gasteiger partial charge in [-0.1, -0.05) is 30.0 Å². The van der Waals surface area contributed by atoms with E-state index in [1.54, 1.807) is 30.3 Å². The van der Waals surface area contributed by atoms with Crippen molar-refractivity contribution in [3.8, 4) is 0 Å². The summed E-state index contributed by atoms with van der Waals surface area (Å²) in [6, 6.07) is 5.48. The first-order chi connectivity index (χ1) is 14.6. The molecule has 30 heavy (non-hydrogen) atoms. The van der Waals surface area contributed by atoms with Crippen LogP contribution in [0.25, 0.3) is 11.7 Å². The van der Waals surface area contributed by atoms with E-state index in [4.69, 9.17) is 21.9 Å². The normalized spacial score (nSPS) is 18.8. The lowest BCUT2D eigenvalue weighted by atomic mass is 10.2. The van der Waals surface area contributed by atoms with E-state index < -0.39 is 0 Å². The van der Waals surface area contributed by atoms with E-state index in [2.05, 4.69) is 4.90 Å². The van der Waals surface area contributed by atoms with Gasteiger partial charge < -0.3 is 9.64 Å². The first kappa shape index (κ1) is 21.4. The average Bonchev–Trinajstić information content (AvgIpc) is 3.03. The lowest BCUT2D eigenvalue weighted by Crippen LogP contribution is -2.36. The Bertz CT molecular complexity index is 1060. The van der Waals surface area contributed by atoms with Crippen LogP contribution in [0.15, 0.2) is 34.1 Å².